The number of rotatable bonds is 6. The van der Waals surface area contributed by atoms with Crippen molar-refractivity contribution >= 4 is 62.8 Å². The molecule has 4 aliphatic rings. The van der Waals surface area contributed by atoms with E-state index in [4.69, 9.17) is 0 Å². The predicted molar refractivity (Wildman–Crippen MR) is 193 cm³/mol. The second-order valence-electron chi connectivity index (χ2n) is 14.5. The highest BCUT2D eigenvalue weighted by Crippen LogP contribution is 2.65. The normalized spacial score (nSPS) is 26.3. The molecular weight excluding hydrogens is 682 g/mol. The Kier molecular flexibility index (Phi) is 7.50. The number of phenols is 1. The third-order valence-electron chi connectivity index (χ3n) is 11.7. The third-order valence-corrected chi connectivity index (χ3v) is 11.7. The van der Waals surface area contributed by atoms with Gasteiger partial charge in [0.1, 0.15) is 5.75 Å². The SMILES string of the molecule is CN(C)c1c([N+](=O)[O-])cc(N2C(=O)[C@H]3[C@H](CC=C4[C@H]3C[C@H]3C(=O)N(c5ccccc5)C(=O)[C@@]3(C)[C@H]4c3c(O)ccc4ccccc34)C2=O)cc1[N+](=O)[O-]. The summed E-state index contributed by atoms with van der Waals surface area (Å²) in [5.41, 5.74) is -1.84. The van der Waals surface area contributed by atoms with E-state index in [2.05, 4.69) is 0 Å². The molecule has 4 aromatic carbocycles. The second-order valence-corrected chi connectivity index (χ2v) is 14.5. The van der Waals surface area contributed by atoms with E-state index < -0.39 is 79.9 Å². The highest BCUT2D eigenvalue weighted by atomic mass is 16.6. The maximum Gasteiger partial charge on any atom is 0.301 e. The van der Waals surface area contributed by atoms with Crippen molar-refractivity contribution in [1.29, 1.82) is 0 Å². The Morgan fingerprint density at radius 3 is 2.08 bits per heavy atom. The quantitative estimate of drug-likeness (QED) is 0.110. The van der Waals surface area contributed by atoms with Crippen LogP contribution in [0.4, 0.5) is 28.4 Å². The number of carbonyl (C=O) groups is 4. The Morgan fingerprint density at radius 1 is 0.792 bits per heavy atom. The first-order chi connectivity index (χ1) is 25.3. The molecule has 2 saturated heterocycles. The van der Waals surface area contributed by atoms with Gasteiger partial charge in [0.05, 0.1) is 44.4 Å². The number of anilines is 3. The lowest BCUT2D eigenvalue weighted by Gasteiger charge is -2.49. The Hall–Kier alpha value is -6.44. The highest BCUT2D eigenvalue weighted by Gasteiger charge is 2.68. The molecule has 8 rings (SSSR count). The molecule has 4 aromatic rings. The largest absolute Gasteiger partial charge is 0.508 e. The summed E-state index contributed by atoms with van der Waals surface area (Å²) < 4.78 is 0. The molecule has 6 atom stereocenters. The smallest absolute Gasteiger partial charge is 0.301 e. The first-order valence-corrected chi connectivity index (χ1v) is 17.1. The zero-order chi connectivity index (χ0) is 37.7. The van der Waals surface area contributed by atoms with Gasteiger partial charge in [-0.15, -0.1) is 0 Å². The van der Waals surface area contributed by atoms with Gasteiger partial charge in [0.15, 0.2) is 5.69 Å². The van der Waals surface area contributed by atoms with E-state index in [1.54, 1.807) is 49.4 Å². The molecule has 4 amide bonds. The summed E-state index contributed by atoms with van der Waals surface area (Å²) in [5.74, 6) is -6.98. The molecule has 1 saturated carbocycles. The van der Waals surface area contributed by atoms with Gasteiger partial charge >= 0.3 is 11.4 Å². The van der Waals surface area contributed by atoms with E-state index in [1.165, 1.54) is 23.9 Å². The lowest BCUT2D eigenvalue weighted by atomic mass is 9.51. The highest BCUT2D eigenvalue weighted by molar-refractivity contribution is 6.25. The number of hydrogen-bond acceptors (Lipinski definition) is 10. The van der Waals surface area contributed by atoms with Crippen LogP contribution in [0.1, 0.15) is 31.2 Å². The number of imide groups is 2. The van der Waals surface area contributed by atoms with Crippen LogP contribution < -0.4 is 14.7 Å². The van der Waals surface area contributed by atoms with Crippen LogP contribution in [0.3, 0.4) is 0 Å². The molecule has 3 fully saturated rings. The van der Waals surface area contributed by atoms with Crippen LogP contribution in [0.25, 0.3) is 10.8 Å². The van der Waals surface area contributed by atoms with Crippen LogP contribution in [0, 0.1) is 49.3 Å². The molecule has 2 aliphatic heterocycles. The number of benzene rings is 4. The molecular formula is C39H33N5O9. The first-order valence-electron chi connectivity index (χ1n) is 17.1. The molecule has 2 aliphatic carbocycles. The van der Waals surface area contributed by atoms with Crippen LogP contribution in [-0.2, 0) is 19.2 Å². The minimum Gasteiger partial charge on any atom is -0.508 e. The van der Waals surface area contributed by atoms with Crippen molar-refractivity contribution in [2.75, 3.05) is 28.8 Å². The van der Waals surface area contributed by atoms with Gasteiger partial charge in [0.2, 0.25) is 23.6 Å². The maximum atomic E-state index is 14.8. The second kappa shape index (κ2) is 11.8. The molecule has 0 radical (unpaired) electrons. The fourth-order valence-corrected chi connectivity index (χ4v) is 9.44. The fraction of sp³-hybridized carbons (Fsp3) is 0.282. The number of fused-ring (bicyclic) bond motifs is 5. The monoisotopic (exact) mass is 715 g/mol. The van der Waals surface area contributed by atoms with Crippen molar-refractivity contribution in [2.45, 2.75) is 25.7 Å². The van der Waals surface area contributed by atoms with E-state index in [1.807, 2.05) is 30.3 Å². The summed E-state index contributed by atoms with van der Waals surface area (Å²) in [7, 11) is 2.83. The Bertz CT molecular complexity index is 2320. The number of amides is 4. The zero-order valence-electron chi connectivity index (χ0n) is 28.8. The molecule has 268 valence electrons. The van der Waals surface area contributed by atoms with E-state index in [0.29, 0.717) is 22.2 Å². The first kappa shape index (κ1) is 33.7. The van der Waals surface area contributed by atoms with Gasteiger partial charge in [-0.2, -0.15) is 0 Å². The Morgan fingerprint density at radius 2 is 1.43 bits per heavy atom. The summed E-state index contributed by atoms with van der Waals surface area (Å²) in [5, 5.41) is 37.4. The lowest BCUT2D eigenvalue weighted by molar-refractivity contribution is -0.392. The summed E-state index contributed by atoms with van der Waals surface area (Å²) in [6, 6.07) is 21.2. The van der Waals surface area contributed by atoms with Gasteiger partial charge in [0, 0.05) is 37.7 Å². The van der Waals surface area contributed by atoms with E-state index >= 15 is 0 Å². The minimum absolute atomic E-state index is 0.0339. The summed E-state index contributed by atoms with van der Waals surface area (Å²) in [6.45, 7) is 1.73. The molecule has 0 aromatic heterocycles. The number of nitro benzene ring substituents is 2. The van der Waals surface area contributed by atoms with Crippen molar-refractivity contribution in [2.24, 2.45) is 29.1 Å². The predicted octanol–water partition coefficient (Wildman–Crippen LogP) is 5.86. The number of aromatic hydroxyl groups is 1. The van der Waals surface area contributed by atoms with Crippen LogP contribution in [0.5, 0.6) is 5.75 Å². The zero-order valence-corrected chi connectivity index (χ0v) is 28.8. The molecule has 14 nitrogen and oxygen atoms in total. The molecule has 0 bridgehead atoms. The number of hydrogen-bond donors (Lipinski definition) is 1. The van der Waals surface area contributed by atoms with Crippen molar-refractivity contribution in [1.82, 2.24) is 0 Å². The van der Waals surface area contributed by atoms with Gasteiger partial charge in [0.25, 0.3) is 0 Å². The van der Waals surface area contributed by atoms with Gasteiger partial charge in [-0.1, -0.05) is 60.2 Å². The Balaban J connectivity index is 1.30. The van der Waals surface area contributed by atoms with Gasteiger partial charge < -0.3 is 10.0 Å². The summed E-state index contributed by atoms with van der Waals surface area (Å²) in [6.07, 6.45) is 1.92. The number of nitro groups is 2. The standard InChI is InChI=1S/C39H33N5O9/c1-39-27(36(47)42(38(39)49)21-10-5-4-6-11-21)19-26-24(33(39)32-23-12-8-7-9-20(23)13-16-30(32)45)14-15-25-31(26)37(48)41(35(25)46)22-17-28(43(50)51)34(40(2)3)29(18-22)44(52)53/h4-14,16-18,25-27,31,33,45H,15,19H2,1-3H3/t25-,26+,27-,31-,33+,39+/m0/s1. The minimum atomic E-state index is -1.40. The van der Waals surface area contributed by atoms with E-state index in [-0.39, 0.29) is 30.0 Å². The Labute approximate surface area is 302 Å². The van der Waals surface area contributed by atoms with Crippen LogP contribution in [0.2, 0.25) is 0 Å². The van der Waals surface area contributed by atoms with Crippen LogP contribution in [-0.4, -0.2) is 52.7 Å². The van der Waals surface area contributed by atoms with Crippen molar-refractivity contribution in [3.8, 4) is 5.75 Å². The average Bonchev–Trinajstić information content (AvgIpc) is 3.51. The molecule has 0 unspecified atom stereocenters. The van der Waals surface area contributed by atoms with Gasteiger partial charge in [-0.3, -0.25) is 39.4 Å². The number of nitrogens with zero attached hydrogens (tertiary/aromatic N) is 5. The lowest BCUT2D eigenvalue weighted by Crippen LogP contribution is -2.49. The maximum absolute atomic E-state index is 14.8. The molecule has 53 heavy (non-hydrogen) atoms. The van der Waals surface area contributed by atoms with Crippen molar-refractivity contribution in [3.05, 3.63) is 116 Å². The number of phenolic OH excluding ortho intramolecular Hbond substituents is 1. The molecule has 2 heterocycles. The molecule has 1 N–H and O–H groups in total. The van der Waals surface area contributed by atoms with Crippen molar-refractivity contribution in [3.63, 3.8) is 0 Å². The van der Waals surface area contributed by atoms with E-state index in [0.717, 1.165) is 22.4 Å². The summed E-state index contributed by atoms with van der Waals surface area (Å²) >= 11 is 0. The fourth-order valence-electron chi connectivity index (χ4n) is 9.44. The topological polar surface area (TPSA) is 185 Å². The number of carbonyl (C=O) groups excluding carboxylic acids is 4. The summed E-state index contributed by atoms with van der Waals surface area (Å²) in [4.78, 5) is 84.0. The van der Waals surface area contributed by atoms with E-state index in [9.17, 15) is 44.5 Å². The number of para-hydroxylation sites is 1. The number of allylic oxidation sites excluding steroid dienone is 2. The van der Waals surface area contributed by atoms with Crippen molar-refractivity contribution < 1.29 is 34.1 Å². The average molecular weight is 716 g/mol. The molecule has 0 spiro atoms. The van der Waals surface area contributed by atoms with Crippen LogP contribution >= 0.6 is 0 Å². The van der Waals surface area contributed by atoms with Gasteiger partial charge in [-0.25, -0.2) is 9.80 Å². The van der Waals surface area contributed by atoms with Gasteiger partial charge in [-0.05, 0) is 54.7 Å². The molecule has 14 heteroatoms. The third kappa shape index (κ3) is 4.64. The van der Waals surface area contributed by atoms with Crippen LogP contribution in [0.15, 0.2) is 90.5 Å².